The third kappa shape index (κ3) is 2.04. The Morgan fingerprint density at radius 3 is 2.23 bits per heavy atom. The SMILES string of the molecule is Cn1c2ccccc2c2c3c(ccc21)oc1c(C24CC5CC(CC(C5)C2)C4)cccc13. The van der Waals surface area contributed by atoms with Crippen LogP contribution < -0.4 is 0 Å². The van der Waals surface area contributed by atoms with Gasteiger partial charge in [-0.25, -0.2) is 0 Å². The fourth-order valence-electron chi connectivity index (χ4n) is 8.40. The number of furan rings is 1. The minimum Gasteiger partial charge on any atom is -0.456 e. The van der Waals surface area contributed by atoms with Crippen LogP contribution in [0.3, 0.4) is 0 Å². The molecule has 4 bridgehead atoms. The van der Waals surface area contributed by atoms with Gasteiger partial charge in [-0.3, -0.25) is 0 Å². The third-order valence-corrected chi connectivity index (χ3v) is 9.15. The second-order valence-corrected chi connectivity index (χ2v) is 10.9. The molecular weight excluding hydrogens is 378 g/mol. The summed E-state index contributed by atoms with van der Waals surface area (Å²) in [6.07, 6.45) is 8.56. The van der Waals surface area contributed by atoms with Crippen molar-refractivity contribution < 1.29 is 4.42 Å². The lowest BCUT2D eigenvalue weighted by atomic mass is 9.48. The van der Waals surface area contributed by atoms with Crippen LogP contribution in [0.2, 0.25) is 0 Å². The largest absolute Gasteiger partial charge is 0.456 e. The number of fused-ring (bicyclic) bond motifs is 7. The number of hydrogen-bond acceptors (Lipinski definition) is 1. The predicted molar refractivity (Wildman–Crippen MR) is 128 cm³/mol. The van der Waals surface area contributed by atoms with Crippen molar-refractivity contribution >= 4 is 43.7 Å². The molecule has 4 saturated carbocycles. The Bertz CT molecular complexity index is 1500. The van der Waals surface area contributed by atoms with Gasteiger partial charge in [0.05, 0.1) is 0 Å². The van der Waals surface area contributed by atoms with E-state index in [1.54, 1.807) is 0 Å². The van der Waals surface area contributed by atoms with Crippen LogP contribution >= 0.6 is 0 Å². The standard InChI is InChI=1S/C29H27NO/c1-30-23-8-3-2-5-20(23)26-24(30)9-10-25-27(26)21-6-4-7-22(28(21)31-25)29-14-17-11-18(15-29)13-19(12-17)16-29/h2-10,17-19H,11-16H2,1H3. The molecule has 0 unspecified atom stereocenters. The zero-order valence-electron chi connectivity index (χ0n) is 18.0. The van der Waals surface area contributed by atoms with Crippen LogP contribution in [-0.4, -0.2) is 4.57 Å². The van der Waals surface area contributed by atoms with E-state index < -0.39 is 0 Å². The fourth-order valence-corrected chi connectivity index (χ4v) is 8.40. The Labute approximate surface area is 181 Å². The monoisotopic (exact) mass is 405 g/mol. The maximum atomic E-state index is 6.73. The molecular formula is C29H27NO. The zero-order chi connectivity index (χ0) is 20.3. The molecule has 4 aliphatic rings. The molecule has 2 heterocycles. The van der Waals surface area contributed by atoms with E-state index >= 15 is 0 Å². The Kier molecular flexibility index (Phi) is 3.02. The first kappa shape index (κ1) is 16.9. The van der Waals surface area contributed by atoms with Gasteiger partial charge >= 0.3 is 0 Å². The highest BCUT2D eigenvalue weighted by Crippen LogP contribution is 2.61. The van der Waals surface area contributed by atoms with Gasteiger partial charge in [0.1, 0.15) is 11.2 Å². The van der Waals surface area contributed by atoms with Crippen LogP contribution in [0.4, 0.5) is 0 Å². The van der Waals surface area contributed by atoms with E-state index in [9.17, 15) is 0 Å². The minimum absolute atomic E-state index is 0.347. The summed E-state index contributed by atoms with van der Waals surface area (Å²) in [5.41, 5.74) is 6.64. The lowest BCUT2D eigenvalue weighted by Gasteiger charge is -2.57. The highest BCUT2D eigenvalue weighted by atomic mass is 16.3. The van der Waals surface area contributed by atoms with Crippen LogP contribution in [0.15, 0.2) is 59.0 Å². The quantitative estimate of drug-likeness (QED) is 0.279. The highest BCUT2D eigenvalue weighted by molar-refractivity contribution is 6.27. The van der Waals surface area contributed by atoms with E-state index in [0.717, 1.165) is 23.3 Å². The van der Waals surface area contributed by atoms with Crippen LogP contribution in [0, 0.1) is 17.8 Å². The van der Waals surface area contributed by atoms with Crippen molar-refractivity contribution in [1.29, 1.82) is 0 Å². The first-order valence-corrected chi connectivity index (χ1v) is 12.0. The minimum atomic E-state index is 0.347. The first-order valence-electron chi connectivity index (χ1n) is 12.0. The number of para-hydroxylation sites is 2. The summed E-state index contributed by atoms with van der Waals surface area (Å²) in [6.45, 7) is 0. The molecule has 31 heavy (non-hydrogen) atoms. The number of aromatic nitrogens is 1. The molecule has 0 N–H and O–H groups in total. The van der Waals surface area contributed by atoms with Gasteiger partial charge in [-0.15, -0.1) is 0 Å². The van der Waals surface area contributed by atoms with E-state index in [1.807, 2.05) is 0 Å². The fraction of sp³-hybridized carbons (Fsp3) is 0.379. The Morgan fingerprint density at radius 2 is 1.45 bits per heavy atom. The Balaban J connectivity index is 1.47. The van der Waals surface area contributed by atoms with Crippen LogP contribution in [0.25, 0.3) is 43.7 Å². The molecule has 0 saturated heterocycles. The van der Waals surface area contributed by atoms with E-state index in [2.05, 4.69) is 66.2 Å². The molecule has 4 aliphatic carbocycles. The average Bonchev–Trinajstić information content (AvgIpc) is 3.28. The van der Waals surface area contributed by atoms with Crippen molar-refractivity contribution in [2.45, 2.75) is 43.9 Å². The van der Waals surface area contributed by atoms with Crippen molar-refractivity contribution in [3.05, 3.63) is 60.2 Å². The lowest BCUT2D eigenvalue weighted by Crippen LogP contribution is -2.48. The topological polar surface area (TPSA) is 18.1 Å². The molecule has 9 rings (SSSR count). The van der Waals surface area contributed by atoms with E-state index in [-0.39, 0.29) is 0 Å². The van der Waals surface area contributed by atoms with E-state index in [0.29, 0.717) is 5.41 Å². The molecule has 0 spiro atoms. The average molecular weight is 406 g/mol. The van der Waals surface area contributed by atoms with Crippen LogP contribution in [-0.2, 0) is 12.5 Å². The molecule has 0 amide bonds. The van der Waals surface area contributed by atoms with Gasteiger partial charge in [0.25, 0.3) is 0 Å². The van der Waals surface area contributed by atoms with Crippen LogP contribution in [0.5, 0.6) is 0 Å². The molecule has 4 fully saturated rings. The number of rotatable bonds is 1. The van der Waals surface area contributed by atoms with Crippen molar-refractivity contribution in [2.24, 2.45) is 24.8 Å². The summed E-state index contributed by atoms with van der Waals surface area (Å²) >= 11 is 0. The number of benzene rings is 3. The summed E-state index contributed by atoms with van der Waals surface area (Å²) in [7, 11) is 2.18. The summed E-state index contributed by atoms with van der Waals surface area (Å²) in [6, 6.07) is 20.2. The number of nitrogens with zero attached hydrogens (tertiary/aromatic N) is 1. The molecule has 5 aromatic rings. The van der Waals surface area contributed by atoms with Crippen molar-refractivity contribution in [3.63, 3.8) is 0 Å². The normalized spacial score (nSPS) is 29.8. The second kappa shape index (κ2) is 5.54. The Hall–Kier alpha value is -2.74. The van der Waals surface area contributed by atoms with Crippen molar-refractivity contribution in [1.82, 2.24) is 4.57 Å². The molecule has 0 atom stereocenters. The summed E-state index contributed by atoms with van der Waals surface area (Å²) in [4.78, 5) is 0. The van der Waals surface area contributed by atoms with Crippen molar-refractivity contribution in [3.8, 4) is 0 Å². The molecule has 2 nitrogen and oxygen atoms in total. The number of hydrogen-bond donors (Lipinski definition) is 0. The predicted octanol–water partition coefficient (Wildman–Crippen LogP) is 7.70. The van der Waals surface area contributed by atoms with Crippen LogP contribution in [0.1, 0.15) is 44.1 Å². The summed E-state index contributed by atoms with van der Waals surface area (Å²) < 4.78 is 9.06. The highest BCUT2D eigenvalue weighted by Gasteiger charge is 2.52. The summed E-state index contributed by atoms with van der Waals surface area (Å²) in [5, 5.41) is 5.28. The van der Waals surface area contributed by atoms with Gasteiger partial charge in [-0.05, 0) is 79.9 Å². The van der Waals surface area contributed by atoms with Gasteiger partial charge in [-0.1, -0.05) is 36.4 Å². The van der Waals surface area contributed by atoms with E-state index in [1.165, 1.54) is 82.2 Å². The van der Waals surface area contributed by atoms with Crippen molar-refractivity contribution in [2.75, 3.05) is 0 Å². The zero-order valence-corrected chi connectivity index (χ0v) is 18.0. The molecule has 2 heteroatoms. The molecule has 0 radical (unpaired) electrons. The third-order valence-electron chi connectivity index (χ3n) is 9.15. The molecule has 0 aliphatic heterocycles. The molecule has 2 aromatic heterocycles. The van der Waals surface area contributed by atoms with Gasteiger partial charge in [0, 0.05) is 45.2 Å². The maximum absolute atomic E-state index is 6.73. The molecule has 3 aromatic carbocycles. The van der Waals surface area contributed by atoms with Gasteiger partial charge in [0.2, 0.25) is 0 Å². The second-order valence-electron chi connectivity index (χ2n) is 10.9. The Morgan fingerprint density at radius 1 is 0.742 bits per heavy atom. The molecule has 154 valence electrons. The van der Waals surface area contributed by atoms with Gasteiger partial charge in [0.15, 0.2) is 0 Å². The lowest BCUT2D eigenvalue weighted by molar-refractivity contribution is -0.00485. The smallest absolute Gasteiger partial charge is 0.139 e. The maximum Gasteiger partial charge on any atom is 0.139 e. The van der Waals surface area contributed by atoms with Gasteiger partial charge in [-0.2, -0.15) is 0 Å². The van der Waals surface area contributed by atoms with Gasteiger partial charge < -0.3 is 8.98 Å². The first-order chi connectivity index (χ1) is 15.2. The summed E-state index contributed by atoms with van der Waals surface area (Å²) in [5.74, 6) is 2.82. The number of aryl methyl sites for hydroxylation is 1. The van der Waals surface area contributed by atoms with E-state index in [4.69, 9.17) is 4.42 Å².